The molecule has 0 fully saturated rings. The summed E-state index contributed by atoms with van der Waals surface area (Å²) in [6, 6.07) is 0. The zero-order valence-electron chi connectivity index (χ0n) is 11.0. The molecule has 0 aromatic heterocycles. The van der Waals surface area contributed by atoms with Gasteiger partial charge in [-0.15, -0.1) is 0 Å². The number of unbranched alkanes of at least 4 members (excludes halogenated alkanes) is 4. The third kappa shape index (κ3) is 13.7. The zero-order valence-corrected chi connectivity index (χ0v) is 11.0. The fourth-order valence-corrected chi connectivity index (χ4v) is 1.38. The Bertz CT molecular complexity index is 153. The summed E-state index contributed by atoms with van der Waals surface area (Å²) in [7, 11) is 0. The first-order chi connectivity index (χ1) is 7.06. The van der Waals surface area contributed by atoms with E-state index in [1.54, 1.807) is 0 Å². The van der Waals surface area contributed by atoms with Gasteiger partial charge in [-0.05, 0) is 46.5 Å². The van der Waals surface area contributed by atoms with Gasteiger partial charge in [-0.1, -0.05) is 31.9 Å². The van der Waals surface area contributed by atoms with Gasteiger partial charge in [0.15, 0.2) is 0 Å². The standard InChI is InChI=1S/C14H28O/c1-5-6-7-8-9-10-11-12-13-15-14(2,3)4/h6-7H,5,8-13H2,1-4H3. The SMILES string of the molecule is CCC=CCCCCCCOC(C)(C)C. The van der Waals surface area contributed by atoms with Gasteiger partial charge in [-0.3, -0.25) is 0 Å². The van der Waals surface area contributed by atoms with Crippen LogP contribution >= 0.6 is 0 Å². The molecule has 0 spiro atoms. The first-order valence-electron chi connectivity index (χ1n) is 6.35. The van der Waals surface area contributed by atoms with Crippen LogP contribution in [0.4, 0.5) is 0 Å². The Labute approximate surface area is 95.9 Å². The maximum atomic E-state index is 5.66. The van der Waals surface area contributed by atoms with Crippen LogP contribution in [0.5, 0.6) is 0 Å². The van der Waals surface area contributed by atoms with Gasteiger partial charge in [0.2, 0.25) is 0 Å². The number of ether oxygens (including phenoxy) is 1. The predicted molar refractivity (Wildman–Crippen MR) is 68.2 cm³/mol. The van der Waals surface area contributed by atoms with Crippen molar-refractivity contribution in [2.75, 3.05) is 6.61 Å². The van der Waals surface area contributed by atoms with Crippen LogP contribution in [0.1, 0.15) is 66.2 Å². The van der Waals surface area contributed by atoms with E-state index in [0.717, 1.165) is 6.61 Å². The maximum absolute atomic E-state index is 5.66. The third-order valence-corrected chi connectivity index (χ3v) is 2.20. The van der Waals surface area contributed by atoms with E-state index in [-0.39, 0.29) is 5.60 Å². The molecule has 0 aromatic rings. The van der Waals surface area contributed by atoms with Gasteiger partial charge in [0, 0.05) is 6.61 Å². The fraction of sp³-hybridized carbons (Fsp3) is 0.857. The predicted octanol–water partition coefficient (Wildman–Crippen LogP) is 4.72. The van der Waals surface area contributed by atoms with Crippen molar-refractivity contribution in [2.24, 2.45) is 0 Å². The lowest BCUT2D eigenvalue weighted by molar-refractivity contribution is -0.00473. The van der Waals surface area contributed by atoms with Gasteiger partial charge in [-0.25, -0.2) is 0 Å². The van der Waals surface area contributed by atoms with Crippen molar-refractivity contribution in [2.45, 2.75) is 71.8 Å². The molecule has 15 heavy (non-hydrogen) atoms. The summed E-state index contributed by atoms with van der Waals surface area (Å²) >= 11 is 0. The Morgan fingerprint density at radius 2 is 1.60 bits per heavy atom. The molecule has 0 rings (SSSR count). The van der Waals surface area contributed by atoms with Gasteiger partial charge in [0.05, 0.1) is 5.60 Å². The number of hydrogen-bond donors (Lipinski definition) is 0. The molecule has 0 saturated heterocycles. The van der Waals surface area contributed by atoms with Crippen LogP contribution in [-0.2, 0) is 4.74 Å². The van der Waals surface area contributed by atoms with Gasteiger partial charge < -0.3 is 4.74 Å². The van der Waals surface area contributed by atoms with Crippen molar-refractivity contribution in [1.82, 2.24) is 0 Å². The molecule has 90 valence electrons. The first kappa shape index (κ1) is 14.7. The second kappa shape index (κ2) is 8.96. The van der Waals surface area contributed by atoms with Crippen LogP contribution in [0, 0.1) is 0 Å². The third-order valence-electron chi connectivity index (χ3n) is 2.20. The lowest BCUT2D eigenvalue weighted by atomic mass is 10.1. The second-order valence-corrected chi connectivity index (χ2v) is 5.04. The Balaban J connectivity index is 3.09. The first-order valence-corrected chi connectivity index (χ1v) is 6.35. The molecular weight excluding hydrogens is 184 g/mol. The molecule has 0 heterocycles. The molecule has 0 saturated carbocycles. The summed E-state index contributed by atoms with van der Waals surface area (Å²) in [5, 5.41) is 0. The highest BCUT2D eigenvalue weighted by Crippen LogP contribution is 2.09. The number of rotatable bonds is 8. The minimum Gasteiger partial charge on any atom is -0.376 e. The number of allylic oxidation sites excluding steroid dienone is 2. The molecule has 0 bridgehead atoms. The van der Waals surface area contributed by atoms with Crippen LogP contribution in [0.25, 0.3) is 0 Å². The molecule has 0 aliphatic carbocycles. The smallest absolute Gasteiger partial charge is 0.0598 e. The normalized spacial score (nSPS) is 12.5. The van der Waals surface area contributed by atoms with E-state index in [1.807, 2.05) is 0 Å². The molecule has 1 heteroatoms. The summed E-state index contributed by atoms with van der Waals surface area (Å²) in [4.78, 5) is 0. The molecule has 1 nitrogen and oxygen atoms in total. The van der Waals surface area contributed by atoms with Crippen LogP contribution in [0.3, 0.4) is 0 Å². The van der Waals surface area contributed by atoms with E-state index in [9.17, 15) is 0 Å². The highest BCUT2D eigenvalue weighted by molar-refractivity contribution is 4.79. The van der Waals surface area contributed by atoms with Crippen molar-refractivity contribution in [1.29, 1.82) is 0 Å². The molecular formula is C14H28O. The van der Waals surface area contributed by atoms with Gasteiger partial charge in [-0.2, -0.15) is 0 Å². The molecule has 0 amide bonds. The molecule has 0 N–H and O–H groups in total. The summed E-state index contributed by atoms with van der Waals surface area (Å²) in [6.45, 7) is 9.43. The van der Waals surface area contributed by atoms with Crippen LogP contribution in [-0.4, -0.2) is 12.2 Å². The lowest BCUT2D eigenvalue weighted by Gasteiger charge is -2.19. The zero-order chi connectivity index (χ0) is 11.6. The van der Waals surface area contributed by atoms with Gasteiger partial charge >= 0.3 is 0 Å². The van der Waals surface area contributed by atoms with Crippen LogP contribution in [0.15, 0.2) is 12.2 Å². The van der Waals surface area contributed by atoms with E-state index in [1.165, 1.54) is 38.5 Å². The minimum absolute atomic E-state index is 0.0316. The average molecular weight is 212 g/mol. The average Bonchev–Trinajstić information content (AvgIpc) is 2.14. The van der Waals surface area contributed by atoms with Crippen molar-refractivity contribution in [3.05, 3.63) is 12.2 Å². The van der Waals surface area contributed by atoms with Crippen molar-refractivity contribution >= 4 is 0 Å². The summed E-state index contributed by atoms with van der Waals surface area (Å²) < 4.78 is 5.66. The molecule has 0 aliphatic rings. The fourth-order valence-electron chi connectivity index (χ4n) is 1.38. The highest BCUT2D eigenvalue weighted by atomic mass is 16.5. The molecule has 0 aromatic carbocycles. The summed E-state index contributed by atoms with van der Waals surface area (Å²) in [5.74, 6) is 0. The van der Waals surface area contributed by atoms with E-state index < -0.39 is 0 Å². The minimum atomic E-state index is 0.0316. The second-order valence-electron chi connectivity index (χ2n) is 5.04. The Hall–Kier alpha value is -0.300. The van der Waals surface area contributed by atoms with E-state index in [2.05, 4.69) is 39.8 Å². The molecule has 0 aliphatic heterocycles. The summed E-state index contributed by atoms with van der Waals surface area (Å²) in [5.41, 5.74) is 0.0316. The molecule has 0 unspecified atom stereocenters. The molecule has 0 atom stereocenters. The van der Waals surface area contributed by atoms with Gasteiger partial charge in [0.25, 0.3) is 0 Å². The largest absolute Gasteiger partial charge is 0.376 e. The topological polar surface area (TPSA) is 9.23 Å². The quantitative estimate of drug-likeness (QED) is 0.418. The summed E-state index contributed by atoms with van der Waals surface area (Å²) in [6.07, 6.45) is 12.1. The van der Waals surface area contributed by atoms with E-state index in [0.29, 0.717) is 0 Å². The lowest BCUT2D eigenvalue weighted by Crippen LogP contribution is -2.19. The Morgan fingerprint density at radius 3 is 2.20 bits per heavy atom. The van der Waals surface area contributed by atoms with Crippen LogP contribution < -0.4 is 0 Å². The van der Waals surface area contributed by atoms with Crippen molar-refractivity contribution in [3.63, 3.8) is 0 Å². The Morgan fingerprint density at radius 1 is 0.933 bits per heavy atom. The van der Waals surface area contributed by atoms with E-state index in [4.69, 9.17) is 4.74 Å². The van der Waals surface area contributed by atoms with Crippen molar-refractivity contribution in [3.8, 4) is 0 Å². The monoisotopic (exact) mass is 212 g/mol. The van der Waals surface area contributed by atoms with Gasteiger partial charge in [0.1, 0.15) is 0 Å². The highest BCUT2D eigenvalue weighted by Gasteiger charge is 2.08. The van der Waals surface area contributed by atoms with E-state index >= 15 is 0 Å². The maximum Gasteiger partial charge on any atom is 0.0598 e. The Kier molecular flexibility index (Phi) is 8.79. The number of hydrogen-bond acceptors (Lipinski definition) is 1. The van der Waals surface area contributed by atoms with Crippen molar-refractivity contribution < 1.29 is 4.74 Å². The molecule has 0 radical (unpaired) electrons. The van der Waals surface area contributed by atoms with Crippen LogP contribution in [0.2, 0.25) is 0 Å².